The van der Waals surface area contributed by atoms with Crippen molar-refractivity contribution >= 4 is 16.9 Å². The van der Waals surface area contributed by atoms with Gasteiger partial charge in [0.05, 0.1) is 5.82 Å². The molecular weight excluding hydrogens is 496 g/mol. The van der Waals surface area contributed by atoms with Crippen molar-refractivity contribution in [3.8, 4) is 5.75 Å². The summed E-state index contributed by atoms with van der Waals surface area (Å²) in [6.07, 6.45) is 9.83. The van der Waals surface area contributed by atoms with Gasteiger partial charge in [-0.05, 0) is 81.7 Å². The van der Waals surface area contributed by atoms with E-state index in [0.29, 0.717) is 48.7 Å². The molecule has 0 amide bonds. The Kier molecular flexibility index (Phi) is 7.33. The zero-order valence-corrected chi connectivity index (χ0v) is 23.2. The number of hydrogen-bond acceptors (Lipinski definition) is 8. The van der Waals surface area contributed by atoms with Gasteiger partial charge >= 0.3 is 11.6 Å². The highest BCUT2D eigenvalue weighted by molar-refractivity contribution is 5.88. The van der Waals surface area contributed by atoms with Crippen LogP contribution in [0.5, 0.6) is 5.75 Å². The third kappa shape index (κ3) is 4.86. The Labute approximate surface area is 228 Å². The molecule has 1 fully saturated rings. The summed E-state index contributed by atoms with van der Waals surface area (Å²) in [7, 11) is 1.72. The lowest BCUT2D eigenvalue weighted by Crippen LogP contribution is -2.66. The molecule has 4 atom stereocenters. The highest BCUT2D eigenvalue weighted by Gasteiger charge is 2.65. The minimum absolute atomic E-state index is 0.102. The van der Waals surface area contributed by atoms with Gasteiger partial charge in [0.2, 0.25) is 0 Å². The van der Waals surface area contributed by atoms with Crippen LogP contribution in [0.15, 0.2) is 68.7 Å². The molecule has 1 aromatic carbocycles. The molecule has 3 N–H and O–H groups in total. The first-order valence-corrected chi connectivity index (χ1v) is 13.7. The van der Waals surface area contributed by atoms with Crippen LogP contribution in [-0.2, 0) is 20.7 Å². The zero-order valence-electron chi connectivity index (χ0n) is 23.2. The van der Waals surface area contributed by atoms with Gasteiger partial charge in [-0.25, -0.2) is 9.59 Å². The van der Waals surface area contributed by atoms with Gasteiger partial charge < -0.3 is 29.7 Å². The van der Waals surface area contributed by atoms with E-state index in [1.165, 1.54) is 6.07 Å². The number of carbonyl (C=O) groups is 1. The summed E-state index contributed by atoms with van der Waals surface area (Å²) in [6, 6.07) is 7.02. The maximum atomic E-state index is 13.2. The number of carbonyl (C=O) groups excluding carboxylic acids is 1. The quantitative estimate of drug-likeness (QED) is 0.231. The monoisotopic (exact) mass is 534 g/mol. The van der Waals surface area contributed by atoms with Gasteiger partial charge in [-0.3, -0.25) is 0 Å². The van der Waals surface area contributed by atoms with Crippen molar-refractivity contribution in [2.45, 2.75) is 64.1 Å². The Morgan fingerprint density at radius 1 is 1.31 bits per heavy atom. The average molecular weight is 535 g/mol. The number of fused-ring (bicyclic) bond motifs is 2. The maximum Gasteiger partial charge on any atom is 0.336 e. The fourth-order valence-corrected chi connectivity index (χ4v) is 6.59. The molecule has 2 aliphatic heterocycles. The van der Waals surface area contributed by atoms with Crippen LogP contribution in [0.4, 0.5) is 0 Å². The number of nitrogens with two attached hydrogens (primary N) is 1. The van der Waals surface area contributed by atoms with Crippen molar-refractivity contribution in [1.82, 2.24) is 5.32 Å². The van der Waals surface area contributed by atoms with Crippen LogP contribution in [0.2, 0.25) is 0 Å². The van der Waals surface area contributed by atoms with Crippen LogP contribution in [0.3, 0.4) is 0 Å². The molecule has 8 nitrogen and oxygen atoms in total. The smallest absolute Gasteiger partial charge is 0.336 e. The summed E-state index contributed by atoms with van der Waals surface area (Å²) in [5.41, 5.74) is 7.13. The Hall–Kier alpha value is -3.52. The van der Waals surface area contributed by atoms with E-state index in [1.807, 2.05) is 26.0 Å². The van der Waals surface area contributed by atoms with Crippen LogP contribution in [0.1, 0.15) is 52.0 Å². The summed E-state index contributed by atoms with van der Waals surface area (Å²) in [5, 5.41) is 4.01. The number of hydrogen-bond donors (Lipinski definition) is 2. The molecule has 208 valence electrons. The normalized spacial score (nSPS) is 28.4. The van der Waals surface area contributed by atoms with Crippen molar-refractivity contribution in [3.63, 3.8) is 0 Å². The fraction of sp³-hybridized carbons (Fsp3) is 0.484. The van der Waals surface area contributed by atoms with Gasteiger partial charge in [-0.1, -0.05) is 12.2 Å². The zero-order chi connectivity index (χ0) is 27.8. The molecule has 1 aliphatic carbocycles. The van der Waals surface area contributed by atoms with E-state index in [0.717, 1.165) is 35.8 Å². The Bertz CT molecular complexity index is 1420. The maximum absolute atomic E-state index is 13.2. The van der Waals surface area contributed by atoms with Crippen molar-refractivity contribution < 1.29 is 23.4 Å². The van der Waals surface area contributed by atoms with E-state index in [4.69, 9.17) is 24.4 Å². The van der Waals surface area contributed by atoms with Crippen molar-refractivity contribution in [1.29, 1.82) is 0 Å². The molecule has 3 heterocycles. The molecule has 5 rings (SSSR count). The summed E-state index contributed by atoms with van der Waals surface area (Å²) in [6.45, 7) is 6.90. The molecule has 0 radical (unpaired) electrons. The summed E-state index contributed by atoms with van der Waals surface area (Å²) in [5.74, 6) is 1.06. The summed E-state index contributed by atoms with van der Waals surface area (Å²) in [4.78, 5) is 25.2. The van der Waals surface area contributed by atoms with Gasteiger partial charge in [0, 0.05) is 55.7 Å². The lowest BCUT2D eigenvalue weighted by molar-refractivity contribution is -0.206. The Morgan fingerprint density at radius 2 is 2.13 bits per heavy atom. The standard InChI is InChI=1S/C31H38N2O6/c1-5-19(2)29(35)39-30(3)12-10-20(7-6-14-36-4)28(22-11-13-33-26(32)16-22)31(30)18-23-15-21-8-9-27(34)37-24(21)17-25(23)38-31/h5,8-9,11,15-17,20,28,33H,6-7,10,12-14,18,32H2,1-4H3. The summed E-state index contributed by atoms with van der Waals surface area (Å²) < 4.78 is 24.3. The van der Waals surface area contributed by atoms with E-state index in [1.54, 1.807) is 32.2 Å². The molecule has 1 saturated carbocycles. The molecule has 2 aromatic rings. The van der Waals surface area contributed by atoms with Crippen LogP contribution < -0.4 is 21.4 Å². The number of methoxy groups -OCH3 is 1. The van der Waals surface area contributed by atoms with Gasteiger partial charge in [0.15, 0.2) is 5.60 Å². The molecule has 8 heteroatoms. The lowest BCUT2D eigenvalue weighted by atomic mass is 9.56. The predicted molar refractivity (Wildman–Crippen MR) is 149 cm³/mol. The number of benzene rings is 1. The van der Waals surface area contributed by atoms with Crippen LogP contribution in [-0.4, -0.2) is 37.4 Å². The van der Waals surface area contributed by atoms with E-state index in [9.17, 15) is 9.59 Å². The Balaban J connectivity index is 1.66. The number of esters is 1. The fourth-order valence-electron chi connectivity index (χ4n) is 6.59. The summed E-state index contributed by atoms with van der Waals surface area (Å²) >= 11 is 0. The minimum Gasteiger partial charge on any atom is -0.482 e. The third-order valence-electron chi connectivity index (χ3n) is 8.73. The number of rotatable bonds is 7. The largest absolute Gasteiger partial charge is 0.482 e. The lowest BCUT2D eigenvalue weighted by Gasteiger charge is -2.55. The first-order chi connectivity index (χ1) is 18.7. The van der Waals surface area contributed by atoms with Crippen LogP contribution in [0, 0.1) is 11.8 Å². The minimum atomic E-state index is -0.933. The van der Waals surface area contributed by atoms with E-state index >= 15 is 0 Å². The molecule has 1 spiro atoms. The number of nitrogens with one attached hydrogen (secondary N) is 1. The molecule has 39 heavy (non-hydrogen) atoms. The molecule has 0 bridgehead atoms. The van der Waals surface area contributed by atoms with E-state index in [2.05, 4.69) is 11.4 Å². The van der Waals surface area contributed by atoms with Gasteiger partial charge in [0.1, 0.15) is 16.9 Å². The van der Waals surface area contributed by atoms with E-state index in [-0.39, 0.29) is 17.8 Å². The average Bonchev–Trinajstić information content (AvgIpc) is 3.28. The van der Waals surface area contributed by atoms with Gasteiger partial charge in [-0.2, -0.15) is 0 Å². The topological polar surface area (TPSA) is 113 Å². The van der Waals surface area contributed by atoms with E-state index < -0.39 is 16.8 Å². The molecular formula is C31H38N2O6. The van der Waals surface area contributed by atoms with Crippen molar-refractivity contribution in [3.05, 3.63) is 75.4 Å². The number of ether oxygens (including phenoxy) is 3. The van der Waals surface area contributed by atoms with Crippen LogP contribution in [0.25, 0.3) is 11.0 Å². The first-order valence-electron chi connectivity index (χ1n) is 13.7. The van der Waals surface area contributed by atoms with Gasteiger partial charge in [-0.15, -0.1) is 0 Å². The van der Waals surface area contributed by atoms with Crippen LogP contribution >= 0.6 is 0 Å². The second kappa shape index (κ2) is 10.6. The van der Waals surface area contributed by atoms with Gasteiger partial charge in [0.25, 0.3) is 0 Å². The highest BCUT2D eigenvalue weighted by atomic mass is 16.6. The number of allylic oxidation sites excluding steroid dienone is 2. The Morgan fingerprint density at radius 3 is 2.87 bits per heavy atom. The van der Waals surface area contributed by atoms with Crippen molar-refractivity contribution in [2.75, 3.05) is 20.3 Å². The highest BCUT2D eigenvalue weighted by Crippen LogP contribution is 2.58. The second-order valence-corrected chi connectivity index (χ2v) is 11.1. The number of dihydropyridines is 1. The molecule has 3 aliphatic rings. The SMILES string of the molecule is CC=C(C)C(=O)OC1(C)CCC(CCCOC)C(C2=CCNC(N)=C2)C12Cc1cc3ccc(=O)oc3cc1O2. The third-order valence-corrected chi connectivity index (χ3v) is 8.73. The second-order valence-electron chi connectivity index (χ2n) is 11.1. The van der Waals surface area contributed by atoms with Crippen molar-refractivity contribution in [2.24, 2.45) is 17.6 Å². The predicted octanol–water partition coefficient (Wildman–Crippen LogP) is 4.52. The molecule has 1 aromatic heterocycles. The molecule has 0 saturated heterocycles. The molecule has 4 unspecified atom stereocenters. The first kappa shape index (κ1) is 27.1.